The molecule has 1 aliphatic rings. The smallest absolute Gasteiger partial charge is 0.224 e. The lowest BCUT2D eigenvalue weighted by molar-refractivity contribution is -0.116. The third-order valence-electron chi connectivity index (χ3n) is 7.26. The second-order valence-corrected chi connectivity index (χ2v) is 9.57. The van der Waals surface area contributed by atoms with Crippen LogP contribution in [0.4, 0.5) is 10.1 Å². The van der Waals surface area contributed by atoms with Crippen molar-refractivity contribution in [3.05, 3.63) is 114 Å². The number of methoxy groups -OCH3 is 2. The minimum absolute atomic E-state index is 0.203. The molecule has 0 spiro atoms. The third-order valence-corrected chi connectivity index (χ3v) is 7.26. The second-order valence-electron chi connectivity index (χ2n) is 9.57. The number of benzene rings is 4. The molecule has 1 atom stereocenters. The van der Waals surface area contributed by atoms with Crippen LogP contribution in [0.2, 0.25) is 0 Å². The molecular formula is C32H27FN4O3. The summed E-state index contributed by atoms with van der Waals surface area (Å²) in [6.45, 7) is 1.90. The van der Waals surface area contributed by atoms with Crippen LogP contribution < -0.4 is 14.4 Å². The Labute approximate surface area is 231 Å². The highest BCUT2D eigenvalue weighted by atomic mass is 19.1. The van der Waals surface area contributed by atoms with Gasteiger partial charge in [-0.05, 0) is 58.7 Å². The van der Waals surface area contributed by atoms with Crippen molar-refractivity contribution in [3.8, 4) is 33.9 Å². The van der Waals surface area contributed by atoms with Crippen LogP contribution in [0, 0.1) is 5.82 Å². The fourth-order valence-electron chi connectivity index (χ4n) is 5.48. The maximum Gasteiger partial charge on any atom is 0.224 e. The van der Waals surface area contributed by atoms with Gasteiger partial charge >= 0.3 is 0 Å². The van der Waals surface area contributed by atoms with Gasteiger partial charge in [0.05, 0.1) is 26.5 Å². The number of nitrogens with zero attached hydrogens (tertiary/aromatic N) is 4. The molecule has 1 aromatic heterocycles. The topological polar surface area (TPSA) is 69.5 Å². The predicted octanol–water partition coefficient (Wildman–Crippen LogP) is 6.27. The molecular weight excluding hydrogens is 507 g/mol. The van der Waals surface area contributed by atoms with E-state index in [4.69, 9.17) is 9.47 Å². The summed E-state index contributed by atoms with van der Waals surface area (Å²) in [4.78, 5) is 15.2. The van der Waals surface area contributed by atoms with Crippen LogP contribution in [0.5, 0.6) is 11.5 Å². The zero-order valence-electron chi connectivity index (χ0n) is 22.3. The Kier molecular flexibility index (Phi) is 6.51. The fourth-order valence-corrected chi connectivity index (χ4v) is 5.48. The Morgan fingerprint density at radius 2 is 1.57 bits per heavy atom. The summed E-state index contributed by atoms with van der Waals surface area (Å²) >= 11 is 0. The van der Waals surface area contributed by atoms with Crippen molar-refractivity contribution in [3.63, 3.8) is 0 Å². The van der Waals surface area contributed by atoms with Crippen LogP contribution in [-0.4, -0.2) is 35.1 Å². The number of hydrogen-bond acceptors (Lipinski definition) is 5. The average Bonchev–Trinajstić information content (AvgIpc) is 3.38. The van der Waals surface area contributed by atoms with Crippen LogP contribution in [0.1, 0.15) is 29.8 Å². The van der Waals surface area contributed by atoms with Crippen molar-refractivity contribution in [1.29, 1.82) is 0 Å². The highest BCUT2D eigenvalue weighted by Crippen LogP contribution is 2.46. The van der Waals surface area contributed by atoms with Gasteiger partial charge < -0.3 is 9.47 Å². The van der Waals surface area contributed by atoms with Gasteiger partial charge in [-0.1, -0.05) is 59.8 Å². The Hall–Kier alpha value is -4.98. The number of halogens is 1. The molecule has 6 rings (SSSR count). The van der Waals surface area contributed by atoms with Crippen LogP contribution in [0.15, 0.2) is 91.0 Å². The second kappa shape index (κ2) is 10.3. The molecule has 2 heterocycles. The van der Waals surface area contributed by atoms with Gasteiger partial charge in [-0.2, -0.15) is 0 Å². The SMILES string of the molecule is COc1cc2c(cc1OC)-c1ccccc1C(N(C(C)=O)c1ccc(F)cc1)c1c(-c3ccccc3)nnn1C2. The largest absolute Gasteiger partial charge is 0.493 e. The van der Waals surface area contributed by atoms with E-state index in [0.717, 1.165) is 33.5 Å². The summed E-state index contributed by atoms with van der Waals surface area (Å²) in [6, 6.07) is 27.0. The molecule has 0 saturated heterocycles. The van der Waals surface area contributed by atoms with Gasteiger partial charge in [-0.3, -0.25) is 9.69 Å². The van der Waals surface area contributed by atoms with E-state index in [0.29, 0.717) is 29.4 Å². The molecule has 1 aliphatic heterocycles. The molecule has 5 aromatic rings. The van der Waals surface area contributed by atoms with Gasteiger partial charge in [-0.25, -0.2) is 9.07 Å². The van der Waals surface area contributed by atoms with Crippen LogP contribution in [0.25, 0.3) is 22.4 Å². The van der Waals surface area contributed by atoms with Crippen LogP contribution >= 0.6 is 0 Å². The zero-order valence-corrected chi connectivity index (χ0v) is 22.3. The van der Waals surface area contributed by atoms with Gasteiger partial charge in [0.25, 0.3) is 0 Å². The molecule has 1 unspecified atom stereocenters. The van der Waals surface area contributed by atoms with Crippen molar-refractivity contribution in [2.24, 2.45) is 0 Å². The van der Waals surface area contributed by atoms with Crippen molar-refractivity contribution in [2.45, 2.75) is 19.5 Å². The minimum Gasteiger partial charge on any atom is -0.493 e. The van der Waals surface area contributed by atoms with E-state index in [1.807, 2.05) is 71.4 Å². The van der Waals surface area contributed by atoms with E-state index in [-0.39, 0.29) is 11.7 Å². The molecule has 0 fully saturated rings. The lowest BCUT2D eigenvalue weighted by Crippen LogP contribution is -2.36. The summed E-state index contributed by atoms with van der Waals surface area (Å²) in [7, 11) is 3.22. The predicted molar refractivity (Wildman–Crippen MR) is 151 cm³/mol. The van der Waals surface area contributed by atoms with E-state index in [1.54, 1.807) is 31.3 Å². The number of rotatable bonds is 5. The molecule has 1 amide bonds. The summed E-state index contributed by atoms with van der Waals surface area (Å²) in [5.74, 6) is 0.625. The first-order chi connectivity index (χ1) is 19.5. The number of carbonyl (C=O) groups is 1. The molecule has 0 radical (unpaired) electrons. The van der Waals surface area contributed by atoms with E-state index in [9.17, 15) is 9.18 Å². The maximum absolute atomic E-state index is 14.0. The molecule has 8 heteroatoms. The standard InChI is InChI=1S/C32H27FN4O3/c1-20(38)37(24-15-13-23(33)14-16-24)31-26-12-8-7-11-25(26)27-18-29(40-3)28(39-2)17-22(27)19-36-32(31)30(34-35-36)21-9-5-4-6-10-21/h4-18,31H,19H2,1-3H3. The van der Waals surface area contributed by atoms with E-state index < -0.39 is 6.04 Å². The monoisotopic (exact) mass is 534 g/mol. The van der Waals surface area contributed by atoms with E-state index in [2.05, 4.69) is 10.3 Å². The Morgan fingerprint density at radius 3 is 2.27 bits per heavy atom. The normalized spacial score (nSPS) is 13.8. The molecule has 0 N–H and O–H groups in total. The lowest BCUT2D eigenvalue weighted by atomic mass is 9.86. The Balaban J connectivity index is 1.71. The Bertz CT molecular complexity index is 1700. The first kappa shape index (κ1) is 25.3. The fraction of sp³-hybridized carbons (Fsp3) is 0.156. The first-order valence-electron chi connectivity index (χ1n) is 12.9. The molecule has 0 saturated carbocycles. The molecule has 200 valence electrons. The molecule has 7 nitrogen and oxygen atoms in total. The number of hydrogen-bond donors (Lipinski definition) is 0. The van der Waals surface area contributed by atoms with Crippen molar-refractivity contribution < 1.29 is 18.7 Å². The Morgan fingerprint density at radius 1 is 0.900 bits per heavy atom. The van der Waals surface area contributed by atoms with Crippen molar-refractivity contribution in [2.75, 3.05) is 19.1 Å². The van der Waals surface area contributed by atoms with Gasteiger partial charge in [0.2, 0.25) is 5.91 Å². The average molecular weight is 535 g/mol. The zero-order chi connectivity index (χ0) is 27.8. The van der Waals surface area contributed by atoms with E-state index >= 15 is 0 Å². The van der Waals surface area contributed by atoms with Crippen LogP contribution in [-0.2, 0) is 11.3 Å². The van der Waals surface area contributed by atoms with Crippen LogP contribution in [0.3, 0.4) is 0 Å². The number of amides is 1. The minimum atomic E-state index is -0.620. The van der Waals surface area contributed by atoms with E-state index in [1.165, 1.54) is 19.1 Å². The maximum atomic E-state index is 14.0. The number of ether oxygens (including phenoxy) is 2. The molecule has 40 heavy (non-hydrogen) atoms. The number of carbonyl (C=O) groups excluding carboxylic acids is 1. The molecule has 0 bridgehead atoms. The quantitative estimate of drug-likeness (QED) is 0.266. The molecule has 0 aliphatic carbocycles. The van der Waals surface area contributed by atoms with Gasteiger partial charge in [0.15, 0.2) is 11.5 Å². The van der Waals surface area contributed by atoms with Crippen molar-refractivity contribution in [1.82, 2.24) is 15.0 Å². The lowest BCUT2D eigenvalue weighted by Gasteiger charge is -2.35. The number of fused-ring (bicyclic) bond motifs is 4. The van der Waals surface area contributed by atoms with Gasteiger partial charge in [0, 0.05) is 18.2 Å². The highest BCUT2D eigenvalue weighted by molar-refractivity contribution is 5.94. The highest BCUT2D eigenvalue weighted by Gasteiger charge is 2.36. The van der Waals surface area contributed by atoms with Gasteiger partial charge in [-0.15, -0.1) is 5.10 Å². The third kappa shape index (κ3) is 4.27. The number of anilines is 1. The van der Waals surface area contributed by atoms with Gasteiger partial charge in [0.1, 0.15) is 17.6 Å². The summed E-state index contributed by atoms with van der Waals surface area (Å²) in [5, 5.41) is 9.23. The summed E-state index contributed by atoms with van der Waals surface area (Å²) < 4.78 is 27.1. The summed E-state index contributed by atoms with van der Waals surface area (Å²) in [6.07, 6.45) is 0. The number of aromatic nitrogens is 3. The summed E-state index contributed by atoms with van der Waals surface area (Å²) in [5.41, 5.74) is 6.56. The molecule has 4 aromatic carbocycles. The first-order valence-corrected chi connectivity index (χ1v) is 12.9. The van der Waals surface area contributed by atoms with Crippen molar-refractivity contribution >= 4 is 11.6 Å².